The molecule has 0 saturated heterocycles. The third-order valence-electron chi connectivity index (χ3n) is 2.82. The third kappa shape index (κ3) is 1.00. The highest BCUT2D eigenvalue weighted by atomic mass is 14.5. The highest BCUT2D eigenvalue weighted by Crippen LogP contribution is 2.53. The van der Waals surface area contributed by atoms with E-state index in [0.717, 1.165) is 11.8 Å². The maximum atomic E-state index is 2.42. The Morgan fingerprint density at radius 1 is 1.20 bits per heavy atom. The zero-order chi connectivity index (χ0) is 7.94. The zero-order valence-electron chi connectivity index (χ0n) is 7.73. The molecule has 0 saturated carbocycles. The Hall–Kier alpha value is -0.260. The van der Waals surface area contributed by atoms with E-state index in [1.165, 1.54) is 0 Å². The van der Waals surface area contributed by atoms with Gasteiger partial charge >= 0.3 is 0 Å². The van der Waals surface area contributed by atoms with Crippen LogP contribution in [-0.4, -0.2) is 0 Å². The molecule has 0 spiro atoms. The van der Waals surface area contributed by atoms with Crippen molar-refractivity contribution in [2.75, 3.05) is 0 Å². The Morgan fingerprint density at radius 2 is 1.70 bits per heavy atom. The van der Waals surface area contributed by atoms with Gasteiger partial charge in [-0.3, -0.25) is 0 Å². The monoisotopic (exact) mass is 138 g/mol. The summed E-state index contributed by atoms with van der Waals surface area (Å²) in [6.45, 7) is 11.5. The van der Waals surface area contributed by atoms with Crippen molar-refractivity contribution >= 4 is 0 Å². The standard InChI is InChI=1S/C10H18/c1-7(2)9-6-10(9,5)8(3)4/h6-8H,1-5H3. The van der Waals surface area contributed by atoms with E-state index >= 15 is 0 Å². The second-order valence-electron chi connectivity index (χ2n) is 4.19. The highest BCUT2D eigenvalue weighted by molar-refractivity contribution is 5.39. The van der Waals surface area contributed by atoms with Gasteiger partial charge < -0.3 is 0 Å². The van der Waals surface area contributed by atoms with E-state index in [4.69, 9.17) is 0 Å². The van der Waals surface area contributed by atoms with Crippen molar-refractivity contribution in [2.45, 2.75) is 34.6 Å². The summed E-state index contributed by atoms with van der Waals surface area (Å²) in [5.41, 5.74) is 2.14. The Balaban J connectivity index is 2.54. The minimum absolute atomic E-state index is 0.480. The van der Waals surface area contributed by atoms with Gasteiger partial charge in [0.05, 0.1) is 0 Å². The number of hydrogen-bond donors (Lipinski definition) is 0. The lowest BCUT2D eigenvalue weighted by molar-refractivity contribution is 0.407. The second-order valence-corrected chi connectivity index (χ2v) is 4.19. The normalized spacial score (nSPS) is 31.3. The highest BCUT2D eigenvalue weighted by Gasteiger charge is 2.42. The van der Waals surface area contributed by atoms with Crippen LogP contribution in [-0.2, 0) is 0 Å². The molecule has 0 bridgehead atoms. The molecule has 1 unspecified atom stereocenters. The predicted molar refractivity (Wildman–Crippen MR) is 45.9 cm³/mol. The minimum atomic E-state index is 0.480. The van der Waals surface area contributed by atoms with Crippen LogP contribution in [0.3, 0.4) is 0 Å². The van der Waals surface area contributed by atoms with E-state index in [9.17, 15) is 0 Å². The molecule has 10 heavy (non-hydrogen) atoms. The van der Waals surface area contributed by atoms with Crippen LogP contribution in [0.25, 0.3) is 0 Å². The number of allylic oxidation sites excluding steroid dienone is 2. The summed E-state index contributed by atoms with van der Waals surface area (Å²) in [5, 5.41) is 0. The zero-order valence-corrected chi connectivity index (χ0v) is 7.73. The lowest BCUT2D eigenvalue weighted by Gasteiger charge is -2.18. The first-order valence-electron chi connectivity index (χ1n) is 4.21. The van der Waals surface area contributed by atoms with E-state index in [1.807, 2.05) is 0 Å². The fourth-order valence-corrected chi connectivity index (χ4v) is 1.58. The first kappa shape index (κ1) is 7.84. The third-order valence-corrected chi connectivity index (χ3v) is 2.82. The molecule has 0 N–H and O–H groups in total. The Morgan fingerprint density at radius 3 is 1.80 bits per heavy atom. The minimum Gasteiger partial charge on any atom is -0.0739 e. The molecule has 0 fully saturated rings. The lowest BCUT2D eigenvalue weighted by atomic mass is 9.86. The van der Waals surface area contributed by atoms with E-state index in [-0.39, 0.29) is 0 Å². The first-order chi connectivity index (χ1) is 4.48. The summed E-state index contributed by atoms with van der Waals surface area (Å²) < 4.78 is 0. The molecular formula is C10H18. The van der Waals surface area contributed by atoms with E-state index in [0.29, 0.717) is 5.41 Å². The van der Waals surface area contributed by atoms with E-state index < -0.39 is 0 Å². The van der Waals surface area contributed by atoms with Gasteiger partial charge in [-0.1, -0.05) is 46.3 Å². The van der Waals surface area contributed by atoms with Crippen molar-refractivity contribution in [3.63, 3.8) is 0 Å². The molecule has 0 aromatic heterocycles. The Kier molecular flexibility index (Phi) is 1.66. The molecule has 1 atom stereocenters. The lowest BCUT2D eigenvalue weighted by Crippen LogP contribution is -2.10. The fourth-order valence-electron chi connectivity index (χ4n) is 1.58. The largest absolute Gasteiger partial charge is 0.0739 e. The predicted octanol–water partition coefficient (Wildman–Crippen LogP) is 3.24. The Bertz CT molecular complexity index is 163. The quantitative estimate of drug-likeness (QED) is 0.514. The van der Waals surface area contributed by atoms with Gasteiger partial charge in [-0.05, 0) is 11.8 Å². The maximum absolute atomic E-state index is 2.42. The summed E-state index contributed by atoms with van der Waals surface area (Å²) in [5.74, 6) is 1.54. The first-order valence-corrected chi connectivity index (χ1v) is 4.21. The van der Waals surface area contributed by atoms with Crippen molar-refractivity contribution in [2.24, 2.45) is 17.3 Å². The summed E-state index contributed by atoms with van der Waals surface area (Å²) >= 11 is 0. The van der Waals surface area contributed by atoms with Crippen LogP contribution < -0.4 is 0 Å². The summed E-state index contributed by atoms with van der Waals surface area (Å²) in [4.78, 5) is 0. The SMILES string of the molecule is CC(C)C1=CC1(C)C(C)C. The van der Waals surface area contributed by atoms with Crippen LogP contribution in [0.4, 0.5) is 0 Å². The van der Waals surface area contributed by atoms with Crippen LogP contribution >= 0.6 is 0 Å². The molecule has 58 valence electrons. The molecule has 0 amide bonds. The van der Waals surface area contributed by atoms with Crippen molar-refractivity contribution in [3.05, 3.63) is 11.6 Å². The molecule has 0 aromatic carbocycles. The van der Waals surface area contributed by atoms with Gasteiger partial charge in [0.15, 0.2) is 0 Å². The molecule has 0 heterocycles. The molecule has 0 heteroatoms. The maximum Gasteiger partial charge on any atom is 0.00913 e. The average molecular weight is 138 g/mol. The molecule has 1 aliphatic rings. The molecule has 1 aliphatic carbocycles. The molecular weight excluding hydrogens is 120 g/mol. The smallest absolute Gasteiger partial charge is 0.00913 e. The second kappa shape index (κ2) is 2.11. The van der Waals surface area contributed by atoms with Crippen LogP contribution in [0.1, 0.15) is 34.6 Å². The van der Waals surface area contributed by atoms with Gasteiger partial charge in [-0.2, -0.15) is 0 Å². The van der Waals surface area contributed by atoms with Gasteiger partial charge in [0, 0.05) is 5.41 Å². The average Bonchev–Trinajstić information content (AvgIpc) is 2.43. The topological polar surface area (TPSA) is 0 Å². The van der Waals surface area contributed by atoms with Gasteiger partial charge in [-0.25, -0.2) is 0 Å². The molecule has 1 rings (SSSR count). The van der Waals surface area contributed by atoms with Crippen molar-refractivity contribution in [3.8, 4) is 0 Å². The fraction of sp³-hybridized carbons (Fsp3) is 0.800. The van der Waals surface area contributed by atoms with Crippen molar-refractivity contribution in [1.29, 1.82) is 0 Å². The number of rotatable bonds is 2. The summed E-state index contributed by atoms with van der Waals surface area (Å²) in [6, 6.07) is 0. The van der Waals surface area contributed by atoms with Crippen LogP contribution in [0.2, 0.25) is 0 Å². The molecule has 0 nitrogen and oxygen atoms in total. The molecule has 0 aromatic rings. The van der Waals surface area contributed by atoms with Crippen molar-refractivity contribution < 1.29 is 0 Å². The van der Waals surface area contributed by atoms with Crippen LogP contribution in [0, 0.1) is 17.3 Å². The number of hydrogen-bond acceptors (Lipinski definition) is 0. The van der Waals surface area contributed by atoms with Crippen molar-refractivity contribution in [1.82, 2.24) is 0 Å². The van der Waals surface area contributed by atoms with Gasteiger partial charge in [0.2, 0.25) is 0 Å². The van der Waals surface area contributed by atoms with Gasteiger partial charge in [0.25, 0.3) is 0 Å². The van der Waals surface area contributed by atoms with Gasteiger partial charge in [0.1, 0.15) is 0 Å². The summed E-state index contributed by atoms with van der Waals surface area (Å²) in [6.07, 6.45) is 2.42. The summed E-state index contributed by atoms with van der Waals surface area (Å²) in [7, 11) is 0. The molecule has 0 aliphatic heterocycles. The Labute approximate surface area is 64.3 Å². The van der Waals surface area contributed by atoms with Crippen LogP contribution in [0.15, 0.2) is 11.6 Å². The van der Waals surface area contributed by atoms with Gasteiger partial charge in [-0.15, -0.1) is 0 Å². The molecule has 0 radical (unpaired) electrons. The van der Waals surface area contributed by atoms with E-state index in [2.05, 4.69) is 40.7 Å². The van der Waals surface area contributed by atoms with E-state index in [1.54, 1.807) is 5.57 Å². The van der Waals surface area contributed by atoms with Crippen LogP contribution in [0.5, 0.6) is 0 Å².